The normalized spacial score (nSPS) is 9.62. The number of halogens is 1. The third-order valence-electron chi connectivity index (χ3n) is 1.84. The molecule has 0 bridgehead atoms. The maximum atomic E-state index is 11.1. The first-order valence-corrected chi connectivity index (χ1v) is 5.16. The van der Waals surface area contributed by atoms with Crippen LogP contribution in [0.1, 0.15) is 5.56 Å². The molecule has 0 saturated carbocycles. The number of ether oxygens (including phenoxy) is 2. The summed E-state index contributed by atoms with van der Waals surface area (Å²) in [5.74, 6) is 0.203. The Hall–Kier alpha value is -1.48. The smallest absolute Gasteiger partial charge is 0.344 e. The van der Waals surface area contributed by atoms with Crippen molar-refractivity contribution in [2.24, 2.45) is 0 Å². The van der Waals surface area contributed by atoms with Gasteiger partial charge in [-0.2, -0.15) is 0 Å². The van der Waals surface area contributed by atoms with Gasteiger partial charge in [0.25, 0.3) is 0 Å². The van der Waals surface area contributed by atoms with E-state index in [1.165, 1.54) is 6.08 Å². The van der Waals surface area contributed by atoms with Gasteiger partial charge >= 0.3 is 5.97 Å². The van der Waals surface area contributed by atoms with Gasteiger partial charge < -0.3 is 9.47 Å². The fourth-order valence-corrected chi connectivity index (χ4v) is 1.33. The molecule has 16 heavy (non-hydrogen) atoms. The monoisotopic (exact) mass is 240 g/mol. The van der Waals surface area contributed by atoms with E-state index in [9.17, 15) is 4.79 Å². The number of hydrogen-bond donors (Lipinski definition) is 0. The van der Waals surface area contributed by atoms with Gasteiger partial charge in [-0.25, -0.2) is 4.79 Å². The third kappa shape index (κ3) is 3.95. The fourth-order valence-electron chi connectivity index (χ4n) is 1.10. The van der Waals surface area contributed by atoms with E-state index in [4.69, 9.17) is 21.1 Å². The highest BCUT2D eigenvalue weighted by Gasteiger charge is 2.05. The van der Waals surface area contributed by atoms with Crippen molar-refractivity contribution in [1.29, 1.82) is 0 Å². The van der Waals surface area contributed by atoms with Gasteiger partial charge in [-0.15, -0.1) is 0 Å². The van der Waals surface area contributed by atoms with Crippen LogP contribution in [0.5, 0.6) is 5.75 Å². The van der Waals surface area contributed by atoms with Gasteiger partial charge in [0, 0.05) is 5.02 Å². The van der Waals surface area contributed by atoms with E-state index in [0.29, 0.717) is 10.8 Å². The lowest BCUT2D eigenvalue weighted by Gasteiger charge is -2.08. The first-order valence-electron chi connectivity index (χ1n) is 4.79. The second-order valence-corrected chi connectivity index (χ2v) is 3.61. The van der Waals surface area contributed by atoms with Crippen molar-refractivity contribution in [1.82, 2.24) is 0 Å². The number of carbonyl (C=O) groups excluding carboxylic acids is 1. The molecule has 86 valence electrons. The van der Waals surface area contributed by atoms with Crippen LogP contribution >= 0.6 is 11.6 Å². The van der Waals surface area contributed by atoms with Crippen LogP contribution in [0.15, 0.2) is 30.9 Å². The quantitative estimate of drug-likeness (QED) is 0.587. The molecule has 0 N–H and O–H groups in total. The second kappa shape index (κ2) is 6.18. The van der Waals surface area contributed by atoms with E-state index >= 15 is 0 Å². The highest BCUT2D eigenvalue weighted by molar-refractivity contribution is 6.30. The van der Waals surface area contributed by atoms with Gasteiger partial charge in [0.2, 0.25) is 0 Å². The summed E-state index contributed by atoms with van der Waals surface area (Å²) in [4.78, 5) is 11.1. The highest BCUT2D eigenvalue weighted by atomic mass is 35.5. The van der Waals surface area contributed by atoms with Crippen LogP contribution in [0.3, 0.4) is 0 Å². The zero-order valence-electron chi connectivity index (χ0n) is 9.03. The van der Waals surface area contributed by atoms with E-state index in [1.807, 2.05) is 6.92 Å². The molecule has 4 heteroatoms. The van der Waals surface area contributed by atoms with Gasteiger partial charge in [0.05, 0.1) is 0 Å². The van der Waals surface area contributed by atoms with Crippen molar-refractivity contribution in [3.8, 4) is 5.75 Å². The van der Waals surface area contributed by atoms with Gasteiger partial charge in [-0.1, -0.05) is 24.3 Å². The van der Waals surface area contributed by atoms with Gasteiger partial charge in [0.15, 0.2) is 6.61 Å². The molecule has 0 saturated heterocycles. The molecule has 0 radical (unpaired) electrons. The molecule has 0 heterocycles. The zero-order valence-corrected chi connectivity index (χ0v) is 9.79. The topological polar surface area (TPSA) is 35.5 Å². The van der Waals surface area contributed by atoms with Crippen molar-refractivity contribution < 1.29 is 14.3 Å². The van der Waals surface area contributed by atoms with E-state index in [1.54, 1.807) is 18.2 Å². The first-order chi connectivity index (χ1) is 7.63. The average molecular weight is 241 g/mol. The first kappa shape index (κ1) is 12.6. The Labute approximate surface area is 99.6 Å². The van der Waals surface area contributed by atoms with Crippen LogP contribution in [-0.2, 0) is 9.53 Å². The summed E-state index contributed by atoms with van der Waals surface area (Å²) in [5, 5.41) is 0.638. The van der Waals surface area contributed by atoms with Crippen LogP contribution in [0.2, 0.25) is 5.02 Å². The molecule has 0 atom stereocenters. The molecule has 0 unspecified atom stereocenters. The van der Waals surface area contributed by atoms with Crippen LogP contribution in [0.25, 0.3) is 0 Å². The van der Waals surface area contributed by atoms with Crippen molar-refractivity contribution in [3.05, 3.63) is 41.4 Å². The second-order valence-electron chi connectivity index (χ2n) is 3.17. The molecule has 0 aromatic heterocycles. The van der Waals surface area contributed by atoms with Crippen LogP contribution in [-0.4, -0.2) is 19.2 Å². The molecule has 1 aromatic carbocycles. The summed E-state index contributed by atoms with van der Waals surface area (Å²) < 4.78 is 10.1. The summed E-state index contributed by atoms with van der Waals surface area (Å²) >= 11 is 5.79. The molecule has 3 nitrogen and oxygen atoms in total. The van der Waals surface area contributed by atoms with Gasteiger partial charge in [0.1, 0.15) is 12.4 Å². The Morgan fingerprint density at radius 1 is 1.56 bits per heavy atom. The predicted octanol–water partition coefficient (Wildman–Crippen LogP) is 2.76. The van der Waals surface area contributed by atoms with E-state index in [2.05, 4.69) is 6.58 Å². The lowest BCUT2D eigenvalue weighted by atomic mass is 10.2. The maximum absolute atomic E-state index is 11.1. The molecule has 0 amide bonds. The summed E-state index contributed by atoms with van der Waals surface area (Å²) in [5.41, 5.74) is 0.879. The molecule has 0 aliphatic rings. The Balaban J connectivity index is 2.48. The number of rotatable bonds is 5. The largest absolute Gasteiger partial charge is 0.482 e. The molecule has 1 aromatic rings. The number of benzene rings is 1. The van der Waals surface area contributed by atoms with Crippen molar-refractivity contribution in [2.45, 2.75) is 6.92 Å². The van der Waals surface area contributed by atoms with Gasteiger partial charge in [-0.05, 0) is 30.7 Å². The van der Waals surface area contributed by atoms with E-state index < -0.39 is 5.97 Å². The van der Waals surface area contributed by atoms with Gasteiger partial charge in [-0.3, -0.25) is 0 Å². The summed E-state index contributed by atoms with van der Waals surface area (Å²) in [6.07, 6.45) is 1.51. The van der Waals surface area contributed by atoms with E-state index in [-0.39, 0.29) is 13.2 Å². The average Bonchev–Trinajstić information content (AvgIpc) is 2.25. The zero-order chi connectivity index (χ0) is 12.0. The minimum atomic E-state index is -0.422. The maximum Gasteiger partial charge on any atom is 0.344 e. The number of esters is 1. The summed E-state index contributed by atoms with van der Waals surface area (Å²) in [6, 6.07) is 5.20. The van der Waals surface area contributed by atoms with Crippen LogP contribution < -0.4 is 4.74 Å². The minimum Gasteiger partial charge on any atom is -0.482 e. The van der Waals surface area contributed by atoms with Crippen molar-refractivity contribution in [2.75, 3.05) is 13.2 Å². The van der Waals surface area contributed by atoms with Crippen LogP contribution in [0, 0.1) is 6.92 Å². The number of hydrogen-bond acceptors (Lipinski definition) is 3. The van der Waals surface area contributed by atoms with Crippen molar-refractivity contribution in [3.63, 3.8) is 0 Å². The Kier molecular flexibility index (Phi) is 4.86. The molecular formula is C12H13ClO3. The Bertz CT molecular complexity index is 388. The molecule has 0 aliphatic carbocycles. The molecule has 0 aliphatic heterocycles. The van der Waals surface area contributed by atoms with Crippen LogP contribution in [0.4, 0.5) is 0 Å². The lowest BCUT2D eigenvalue weighted by molar-refractivity contribution is -0.144. The predicted molar refractivity (Wildman–Crippen MR) is 62.8 cm³/mol. The standard InChI is InChI=1S/C12H13ClO3/c1-3-6-15-12(14)8-16-11-5-4-10(13)7-9(11)2/h3-5,7H,1,6,8H2,2H3. The van der Waals surface area contributed by atoms with E-state index in [0.717, 1.165) is 5.56 Å². The van der Waals surface area contributed by atoms with Crippen molar-refractivity contribution >= 4 is 17.6 Å². The Morgan fingerprint density at radius 2 is 2.31 bits per heavy atom. The third-order valence-corrected chi connectivity index (χ3v) is 2.08. The molecular weight excluding hydrogens is 228 g/mol. The molecule has 0 fully saturated rings. The minimum absolute atomic E-state index is 0.115. The molecule has 0 spiro atoms. The SMILES string of the molecule is C=CCOC(=O)COc1ccc(Cl)cc1C. The molecule has 1 rings (SSSR count). The fraction of sp³-hybridized carbons (Fsp3) is 0.250. The highest BCUT2D eigenvalue weighted by Crippen LogP contribution is 2.21. The summed E-state index contributed by atoms with van der Waals surface area (Å²) in [6.45, 7) is 5.38. The summed E-state index contributed by atoms with van der Waals surface area (Å²) in [7, 11) is 0. The number of aryl methyl sites for hydroxylation is 1. The Morgan fingerprint density at radius 3 is 2.94 bits per heavy atom. The lowest BCUT2D eigenvalue weighted by Crippen LogP contribution is -2.15. The number of carbonyl (C=O) groups is 1.